The van der Waals surface area contributed by atoms with Crippen LogP contribution in [0.5, 0.6) is 0 Å². The zero-order valence-electron chi connectivity index (χ0n) is 39.8. The van der Waals surface area contributed by atoms with E-state index in [1.807, 2.05) is 0 Å². The Morgan fingerprint density at radius 3 is 1.61 bits per heavy atom. The maximum atomic E-state index is 7.37. The molecule has 61 heavy (non-hydrogen) atoms. The van der Waals surface area contributed by atoms with E-state index < -0.39 is 0 Å². The Hall–Kier alpha value is -4.70. The molecule has 0 amide bonds. The summed E-state index contributed by atoms with van der Waals surface area (Å²) in [6.07, 6.45) is 4.72. The highest BCUT2D eigenvalue weighted by Crippen LogP contribution is 2.53. The van der Waals surface area contributed by atoms with E-state index in [9.17, 15) is 0 Å². The number of benzene rings is 5. The van der Waals surface area contributed by atoms with Gasteiger partial charge in [0.1, 0.15) is 5.58 Å². The second-order valence-electron chi connectivity index (χ2n) is 24.1. The van der Waals surface area contributed by atoms with Crippen molar-refractivity contribution < 1.29 is 4.42 Å². The van der Waals surface area contributed by atoms with E-state index >= 15 is 0 Å². The lowest BCUT2D eigenvalue weighted by molar-refractivity contribution is 0.332. The summed E-state index contributed by atoms with van der Waals surface area (Å²) in [5.74, 6) is 0. The van der Waals surface area contributed by atoms with Gasteiger partial charge in [0.2, 0.25) is 0 Å². The van der Waals surface area contributed by atoms with Crippen molar-refractivity contribution in [2.75, 3.05) is 9.80 Å². The van der Waals surface area contributed by atoms with E-state index in [1.54, 1.807) is 0 Å². The predicted octanol–water partition coefficient (Wildman–Crippen LogP) is 14.1. The molecular weight excluding hydrogens is 739 g/mol. The number of rotatable bonds is 2. The number of hydrogen-bond acceptors (Lipinski definition) is 3. The zero-order valence-corrected chi connectivity index (χ0v) is 39.8. The van der Waals surface area contributed by atoms with E-state index in [1.165, 1.54) is 109 Å². The first kappa shape index (κ1) is 40.4. The van der Waals surface area contributed by atoms with Crippen LogP contribution in [0.3, 0.4) is 0 Å². The highest BCUT2D eigenvalue weighted by Gasteiger charge is 2.49. The number of hydrogen-bond donors (Lipinski definition) is 0. The van der Waals surface area contributed by atoms with E-state index in [0.29, 0.717) is 0 Å². The standard InChI is InChI=1S/C57H67BN2O/c1-34-28-46-49-47(29-34)60(37-19-16-35(17-20-37)52(2,3)4)50-39-30-36(53(5,6)7)18-23-48(39)61-51(50)58(49)44-32-42-43(57(14,15)27-26-56(42,12)13)33-45(44)59(46)38-21-22-40-41(31-38)55(10,11)25-24-54(40,8)9/h16-23,28-33H,24-27H2,1-15H3. The Balaban J connectivity index is 1.33. The van der Waals surface area contributed by atoms with Gasteiger partial charge in [-0.05, 0) is 170 Å². The molecule has 0 unspecified atom stereocenters. The Kier molecular flexibility index (Phi) is 8.41. The normalized spacial score (nSPS) is 19.2. The molecule has 0 atom stereocenters. The Morgan fingerprint density at radius 2 is 1.02 bits per heavy atom. The molecule has 0 fully saturated rings. The minimum absolute atomic E-state index is 0.0120. The van der Waals surface area contributed by atoms with Crippen LogP contribution in [0.4, 0.5) is 34.1 Å². The quantitative estimate of drug-likeness (QED) is 0.162. The molecular formula is C57H67BN2O. The van der Waals surface area contributed by atoms with Gasteiger partial charge in [0.05, 0.1) is 11.3 Å². The van der Waals surface area contributed by atoms with Crippen molar-refractivity contribution in [2.45, 2.75) is 162 Å². The molecule has 10 rings (SSSR count). The molecule has 3 heterocycles. The molecule has 5 aromatic carbocycles. The summed E-state index contributed by atoms with van der Waals surface area (Å²) < 4.78 is 7.37. The van der Waals surface area contributed by atoms with Crippen LogP contribution in [0.2, 0.25) is 0 Å². The Morgan fingerprint density at radius 1 is 0.508 bits per heavy atom. The summed E-state index contributed by atoms with van der Waals surface area (Å²) >= 11 is 0. The van der Waals surface area contributed by atoms with Crippen LogP contribution in [0.1, 0.15) is 162 Å². The third-order valence-corrected chi connectivity index (χ3v) is 15.7. The van der Waals surface area contributed by atoms with Gasteiger partial charge in [-0.25, -0.2) is 0 Å². The molecule has 0 saturated heterocycles. The molecule has 0 spiro atoms. The first-order valence-electron chi connectivity index (χ1n) is 23.1. The predicted molar refractivity (Wildman–Crippen MR) is 263 cm³/mol. The van der Waals surface area contributed by atoms with Gasteiger partial charge in [0.25, 0.3) is 6.71 Å². The lowest BCUT2D eigenvalue weighted by atomic mass is 9.35. The van der Waals surface area contributed by atoms with Crippen LogP contribution >= 0.6 is 0 Å². The molecule has 4 aliphatic rings. The minimum atomic E-state index is -0.0819. The summed E-state index contributed by atoms with van der Waals surface area (Å²) in [6, 6.07) is 33.9. The zero-order chi connectivity index (χ0) is 43.6. The molecule has 0 bridgehead atoms. The van der Waals surface area contributed by atoms with Gasteiger partial charge in [0.15, 0.2) is 0 Å². The fraction of sp³-hybridized carbons (Fsp3) is 0.439. The summed E-state index contributed by atoms with van der Waals surface area (Å²) in [5, 5.41) is 1.18. The van der Waals surface area contributed by atoms with Crippen LogP contribution in [-0.4, -0.2) is 6.71 Å². The number of anilines is 6. The molecule has 2 aliphatic carbocycles. The SMILES string of the molecule is Cc1cc2c3c(c1)N(c1ccc(C(C)(C)C)cc1)c1c(oc4ccc(C(C)(C)C)cc14)B3c1cc3c(cc1N2c1ccc2c(c1)C(C)(C)CCC2(C)C)C(C)(C)CCC3(C)C. The second-order valence-corrected chi connectivity index (χ2v) is 24.1. The number of fused-ring (bicyclic) bond motifs is 8. The van der Waals surface area contributed by atoms with Crippen LogP contribution < -0.4 is 26.4 Å². The topological polar surface area (TPSA) is 19.6 Å². The fourth-order valence-corrected chi connectivity index (χ4v) is 11.5. The lowest BCUT2D eigenvalue weighted by Crippen LogP contribution is -2.61. The first-order chi connectivity index (χ1) is 28.4. The maximum absolute atomic E-state index is 7.37. The van der Waals surface area contributed by atoms with E-state index in [4.69, 9.17) is 4.42 Å². The van der Waals surface area contributed by atoms with Gasteiger partial charge in [-0.3, -0.25) is 0 Å². The van der Waals surface area contributed by atoms with Gasteiger partial charge in [-0.1, -0.05) is 127 Å². The lowest BCUT2D eigenvalue weighted by Gasteiger charge is -2.47. The van der Waals surface area contributed by atoms with Gasteiger partial charge in [-0.15, -0.1) is 0 Å². The van der Waals surface area contributed by atoms with Gasteiger partial charge in [0, 0.05) is 33.8 Å². The molecule has 2 aliphatic heterocycles. The van der Waals surface area contributed by atoms with Crippen LogP contribution in [-0.2, 0) is 32.5 Å². The van der Waals surface area contributed by atoms with Crippen molar-refractivity contribution in [2.24, 2.45) is 0 Å². The smallest absolute Gasteiger partial charge is 0.297 e. The number of nitrogens with zero attached hydrogens (tertiary/aromatic N) is 2. The highest BCUT2D eigenvalue weighted by molar-refractivity contribution is 7.00. The molecule has 6 aromatic rings. The molecule has 3 nitrogen and oxygen atoms in total. The van der Waals surface area contributed by atoms with Gasteiger partial charge in [-0.2, -0.15) is 0 Å². The molecule has 4 heteroatoms. The van der Waals surface area contributed by atoms with E-state index in [0.717, 1.165) is 16.9 Å². The fourth-order valence-electron chi connectivity index (χ4n) is 11.5. The second kappa shape index (κ2) is 12.7. The van der Waals surface area contributed by atoms with Crippen LogP contribution in [0.15, 0.2) is 89.3 Å². The average molecular weight is 807 g/mol. The van der Waals surface area contributed by atoms with Crippen molar-refractivity contribution in [1.29, 1.82) is 0 Å². The van der Waals surface area contributed by atoms with E-state index in [-0.39, 0.29) is 39.2 Å². The van der Waals surface area contributed by atoms with Crippen LogP contribution in [0, 0.1) is 6.92 Å². The molecule has 314 valence electrons. The monoisotopic (exact) mass is 807 g/mol. The van der Waals surface area contributed by atoms with Crippen molar-refractivity contribution in [1.82, 2.24) is 0 Å². The summed E-state index contributed by atoms with van der Waals surface area (Å²) in [6.45, 7) is 35.7. The minimum Gasteiger partial charge on any atom is -0.468 e. The molecule has 0 radical (unpaired) electrons. The van der Waals surface area contributed by atoms with E-state index in [2.05, 4.69) is 199 Å². The Labute approximate surface area is 367 Å². The van der Waals surface area contributed by atoms with Crippen molar-refractivity contribution in [3.63, 3.8) is 0 Å². The summed E-state index contributed by atoms with van der Waals surface area (Å²) in [5.41, 5.74) is 22.2. The van der Waals surface area contributed by atoms with Gasteiger partial charge < -0.3 is 14.2 Å². The third kappa shape index (κ3) is 6.04. The van der Waals surface area contributed by atoms with Crippen LogP contribution in [0.25, 0.3) is 11.0 Å². The molecule has 1 aromatic heterocycles. The Bertz CT molecular complexity index is 2800. The first-order valence-corrected chi connectivity index (χ1v) is 23.1. The molecule has 0 N–H and O–H groups in total. The van der Waals surface area contributed by atoms with Crippen molar-refractivity contribution in [3.05, 3.63) is 124 Å². The average Bonchev–Trinajstić information content (AvgIpc) is 3.56. The maximum Gasteiger partial charge on any atom is 0.297 e. The van der Waals surface area contributed by atoms with Crippen molar-refractivity contribution >= 4 is 68.4 Å². The summed E-state index contributed by atoms with van der Waals surface area (Å²) in [4.78, 5) is 5.20. The molecule has 0 saturated carbocycles. The number of aryl methyl sites for hydroxylation is 1. The summed E-state index contributed by atoms with van der Waals surface area (Å²) in [7, 11) is 0. The highest BCUT2D eigenvalue weighted by atomic mass is 16.3. The van der Waals surface area contributed by atoms with Gasteiger partial charge >= 0.3 is 0 Å². The number of furan rings is 1. The third-order valence-electron chi connectivity index (χ3n) is 15.7. The largest absolute Gasteiger partial charge is 0.468 e. The van der Waals surface area contributed by atoms with Crippen molar-refractivity contribution in [3.8, 4) is 0 Å².